The van der Waals surface area contributed by atoms with Gasteiger partial charge in [-0.15, -0.1) is 0 Å². The molecule has 0 bridgehead atoms. The second kappa shape index (κ2) is 4.77. The number of hydrogen-bond donors (Lipinski definition) is 2. The summed E-state index contributed by atoms with van der Waals surface area (Å²) in [6.07, 6.45) is 3.44. The molecule has 2 rings (SSSR count). The largest absolute Gasteiger partial charge is 0.396 e. The number of rotatable bonds is 6. The topological polar surface area (TPSA) is 32.3 Å². The van der Waals surface area contributed by atoms with E-state index in [0.29, 0.717) is 6.61 Å². The van der Waals surface area contributed by atoms with E-state index in [4.69, 9.17) is 5.11 Å². The van der Waals surface area contributed by atoms with Crippen LogP contribution in [0.15, 0.2) is 30.3 Å². The summed E-state index contributed by atoms with van der Waals surface area (Å²) in [7, 11) is 0. The molecule has 1 saturated carbocycles. The Morgan fingerprint density at radius 1 is 1.20 bits per heavy atom. The summed E-state index contributed by atoms with van der Waals surface area (Å²) in [5.41, 5.74) is 1.61. The molecular formula is C13H19NO. The predicted octanol–water partition coefficient (Wildman–Crippen LogP) is 1.59. The third-order valence-corrected chi connectivity index (χ3v) is 3.23. The molecule has 0 unspecified atom stereocenters. The van der Waals surface area contributed by atoms with Crippen molar-refractivity contribution in [3.8, 4) is 0 Å². The predicted molar refractivity (Wildman–Crippen MR) is 61.8 cm³/mol. The maximum absolute atomic E-state index is 9.13. The van der Waals surface area contributed by atoms with Crippen LogP contribution in [0.2, 0.25) is 0 Å². The third kappa shape index (κ3) is 3.05. The van der Waals surface area contributed by atoms with Gasteiger partial charge in [-0.1, -0.05) is 30.3 Å². The van der Waals surface area contributed by atoms with E-state index in [1.165, 1.54) is 18.4 Å². The summed E-state index contributed by atoms with van der Waals surface area (Å²) in [5, 5.41) is 12.6. The zero-order valence-electron chi connectivity index (χ0n) is 9.08. The Hall–Kier alpha value is -0.860. The van der Waals surface area contributed by atoms with Crippen LogP contribution in [-0.4, -0.2) is 24.8 Å². The molecule has 0 amide bonds. The van der Waals surface area contributed by atoms with Crippen molar-refractivity contribution in [1.82, 2.24) is 5.32 Å². The van der Waals surface area contributed by atoms with Crippen molar-refractivity contribution in [2.24, 2.45) is 5.41 Å². The van der Waals surface area contributed by atoms with E-state index in [1.807, 2.05) is 6.07 Å². The lowest BCUT2D eigenvalue weighted by Crippen LogP contribution is -2.28. The molecule has 0 heterocycles. The van der Waals surface area contributed by atoms with Crippen molar-refractivity contribution < 1.29 is 5.11 Å². The van der Waals surface area contributed by atoms with Crippen molar-refractivity contribution >= 4 is 0 Å². The average molecular weight is 205 g/mol. The monoisotopic (exact) mass is 205 g/mol. The van der Waals surface area contributed by atoms with Gasteiger partial charge in [0.2, 0.25) is 0 Å². The van der Waals surface area contributed by atoms with E-state index in [9.17, 15) is 0 Å². The Labute approximate surface area is 91.3 Å². The first kappa shape index (κ1) is 10.7. The summed E-state index contributed by atoms with van der Waals surface area (Å²) in [4.78, 5) is 0. The highest BCUT2D eigenvalue weighted by Gasteiger charge is 2.41. The smallest absolute Gasteiger partial charge is 0.0499 e. The number of benzene rings is 1. The zero-order chi connectivity index (χ0) is 10.6. The second-order valence-electron chi connectivity index (χ2n) is 4.57. The van der Waals surface area contributed by atoms with E-state index in [2.05, 4.69) is 29.6 Å². The molecule has 1 aliphatic carbocycles. The van der Waals surface area contributed by atoms with Gasteiger partial charge in [-0.05, 0) is 31.4 Å². The first-order valence-electron chi connectivity index (χ1n) is 5.70. The molecule has 82 valence electrons. The SMILES string of the molecule is OCC1(CNCCc2ccccc2)CC1. The minimum absolute atomic E-state index is 0.233. The Morgan fingerprint density at radius 3 is 2.53 bits per heavy atom. The van der Waals surface area contributed by atoms with Crippen molar-refractivity contribution in [3.63, 3.8) is 0 Å². The van der Waals surface area contributed by atoms with E-state index in [1.54, 1.807) is 0 Å². The summed E-state index contributed by atoms with van der Waals surface area (Å²) < 4.78 is 0. The van der Waals surface area contributed by atoms with Crippen molar-refractivity contribution in [3.05, 3.63) is 35.9 Å². The average Bonchev–Trinajstić information content (AvgIpc) is 3.07. The molecule has 15 heavy (non-hydrogen) atoms. The fraction of sp³-hybridized carbons (Fsp3) is 0.538. The lowest BCUT2D eigenvalue weighted by molar-refractivity contribution is 0.208. The second-order valence-corrected chi connectivity index (χ2v) is 4.57. The van der Waals surface area contributed by atoms with Crippen LogP contribution in [0, 0.1) is 5.41 Å². The van der Waals surface area contributed by atoms with Gasteiger partial charge in [0, 0.05) is 18.6 Å². The number of hydrogen-bond acceptors (Lipinski definition) is 2. The van der Waals surface area contributed by atoms with Gasteiger partial charge in [0.15, 0.2) is 0 Å². The van der Waals surface area contributed by atoms with Crippen molar-refractivity contribution in [1.29, 1.82) is 0 Å². The van der Waals surface area contributed by atoms with E-state index in [0.717, 1.165) is 19.5 Å². The quantitative estimate of drug-likeness (QED) is 0.691. The molecule has 2 N–H and O–H groups in total. The van der Waals surface area contributed by atoms with Crippen LogP contribution in [0.1, 0.15) is 18.4 Å². The molecule has 0 saturated heterocycles. The number of aliphatic hydroxyl groups excluding tert-OH is 1. The molecule has 2 heteroatoms. The summed E-state index contributed by atoms with van der Waals surface area (Å²) >= 11 is 0. The van der Waals surface area contributed by atoms with Crippen LogP contribution in [0.3, 0.4) is 0 Å². The van der Waals surface area contributed by atoms with Crippen molar-refractivity contribution in [2.75, 3.05) is 19.7 Å². The van der Waals surface area contributed by atoms with Crippen molar-refractivity contribution in [2.45, 2.75) is 19.3 Å². The van der Waals surface area contributed by atoms with Gasteiger partial charge in [-0.25, -0.2) is 0 Å². The highest BCUT2D eigenvalue weighted by molar-refractivity contribution is 5.14. The van der Waals surface area contributed by atoms with Gasteiger partial charge in [-0.2, -0.15) is 0 Å². The minimum atomic E-state index is 0.233. The Bertz CT molecular complexity index is 293. The van der Waals surface area contributed by atoms with E-state index >= 15 is 0 Å². The minimum Gasteiger partial charge on any atom is -0.396 e. The molecule has 1 fully saturated rings. The fourth-order valence-corrected chi connectivity index (χ4v) is 1.80. The van der Waals surface area contributed by atoms with Crippen LogP contribution >= 0.6 is 0 Å². The molecular weight excluding hydrogens is 186 g/mol. The van der Waals surface area contributed by atoms with Gasteiger partial charge in [0.25, 0.3) is 0 Å². The maximum Gasteiger partial charge on any atom is 0.0499 e. The maximum atomic E-state index is 9.13. The van der Waals surface area contributed by atoms with E-state index < -0.39 is 0 Å². The molecule has 0 atom stereocenters. The molecule has 0 spiro atoms. The zero-order valence-corrected chi connectivity index (χ0v) is 9.08. The Morgan fingerprint density at radius 2 is 1.93 bits per heavy atom. The summed E-state index contributed by atoms with van der Waals surface area (Å²) in [6.45, 7) is 2.31. The van der Waals surface area contributed by atoms with Gasteiger partial charge in [0.1, 0.15) is 0 Å². The molecule has 1 aliphatic rings. The Balaban J connectivity index is 1.63. The molecule has 1 aromatic rings. The van der Waals surface area contributed by atoms with Gasteiger partial charge >= 0.3 is 0 Å². The lowest BCUT2D eigenvalue weighted by atomic mass is 10.1. The van der Waals surface area contributed by atoms with Crippen LogP contribution < -0.4 is 5.32 Å². The first-order chi connectivity index (χ1) is 7.35. The van der Waals surface area contributed by atoms with Crippen LogP contribution in [0.5, 0.6) is 0 Å². The number of nitrogens with one attached hydrogen (secondary N) is 1. The lowest BCUT2D eigenvalue weighted by Gasteiger charge is -2.12. The standard InChI is InChI=1S/C13H19NO/c15-11-13(7-8-13)10-14-9-6-12-4-2-1-3-5-12/h1-5,14-15H,6-11H2. The van der Waals surface area contributed by atoms with Crippen LogP contribution in [-0.2, 0) is 6.42 Å². The fourth-order valence-electron chi connectivity index (χ4n) is 1.80. The van der Waals surface area contributed by atoms with Crippen LogP contribution in [0.4, 0.5) is 0 Å². The highest BCUT2D eigenvalue weighted by Crippen LogP contribution is 2.44. The number of aliphatic hydroxyl groups is 1. The normalized spacial score (nSPS) is 17.7. The van der Waals surface area contributed by atoms with E-state index in [-0.39, 0.29) is 5.41 Å². The summed E-state index contributed by atoms with van der Waals surface area (Å²) in [6, 6.07) is 10.5. The molecule has 1 aromatic carbocycles. The highest BCUT2D eigenvalue weighted by atomic mass is 16.3. The van der Waals surface area contributed by atoms with Gasteiger partial charge in [0.05, 0.1) is 0 Å². The molecule has 0 aromatic heterocycles. The molecule has 0 aliphatic heterocycles. The summed E-state index contributed by atoms with van der Waals surface area (Å²) in [5.74, 6) is 0. The molecule has 2 nitrogen and oxygen atoms in total. The van der Waals surface area contributed by atoms with Crippen LogP contribution in [0.25, 0.3) is 0 Å². The molecule has 0 radical (unpaired) electrons. The first-order valence-corrected chi connectivity index (χ1v) is 5.70. The Kier molecular flexibility index (Phi) is 3.39. The van der Waals surface area contributed by atoms with Gasteiger partial charge < -0.3 is 10.4 Å². The third-order valence-electron chi connectivity index (χ3n) is 3.23. The van der Waals surface area contributed by atoms with Gasteiger partial charge in [-0.3, -0.25) is 0 Å².